The summed E-state index contributed by atoms with van der Waals surface area (Å²) in [5.74, 6) is 2.22. The fourth-order valence-corrected chi connectivity index (χ4v) is 4.79. The topological polar surface area (TPSA) is 66.6 Å². The molecule has 1 saturated heterocycles. The van der Waals surface area contributed by atoms with E-state index in [-0.39, 0.29) is 5.92 Å². The molecule has 162 valence electrons. The van der Waals surface area contributed by atoms with Crippen LogP contribution in [-0.4, -0.2) is 56.6 Å². The lowest BCUT2D eigenvalue weighted by molar-refractivity contribution is -0.138. The lowest BCUT2D eigenvalue weighted by Gasteiger charge is -2.38. The quantitative estimate of drug-likeness (QED) is 0.500. The number of nitrogens with zero attached hydrogens (tertiary/aromatic N) is 6. The zero-order valence-corrected chi connectivity index (χ0v) is 18.2. The highest BCUT2D eigenvalue weighted by Crippen LogP contribution is 2.31. The maximum atomic E-state index is 12.7. The number of hydrogen-bond acceptors (Lipinski definition) is 5. The van der Waals surface area contributed by atoms with Crippen LogP contribution in [0.1, 0.15) is 24.8 Å². The summed E-state index contributed by atoms with van der Waals surface area (Å²) in [6, 6.07) is 16.4. The van der Waals surface area contributed by atoms with E-state index < -0.39 is 0 Å². The highest BCUT2D eigenvalue weighted by Gasteiger charge is 2.32. The Hall–Kier alpha value is -3.48. The molecule has 1 amide bonds. The van der Waals surface area contributed by atoms with Crippen molar-refractivity contribution < 1.29 is 4.79 Å². The second kappa shape index (κ2) is 7.58. The number of rotatable bonds is 3. The summed E-state index contributed by atoms with van der Waals surface area (Å²) in [7, 11) is 0. The molecule has 2 fully saturated rings. The molecule has 0 atom stereocenters. The van der Waals surface area contributed by atoms with Crippen LogP contribution in [0.4, 0.5) is 5.95 Å². The molecule has 4 aromatic rings. The first-order chi connectivity index (χ1) is 15.7. The first-order valence-corrected chi connectivity index (χ1v) is 11.4. The fourth-order valence-electron chi connectivity index (χ4n) is 4.79. The van der Waals surface area contributed by atoms with Gasteiger partial charge in [-0.25, -0.2) is 9.38 Å². The van der Waals surface area contributed by atoms with Crippen LogP contribution in [0.2, 0.25) is 0 Å². The summed E-state index contributed by atoms with van der Waals surface area (Å²) in [6.45, 7) is 5.05. The average Bonchev–Trinajstić information content (AvgIpc) is 3.23. The minimum absolute atomic E-state index is 0.248. The monoisotopic (exact) mass is 426 g/mol. The van der Waals surface area contributed by atoms with E-state index in [0.717, 1.165) is 72.9 Å². The van der Waals surface area contributed by atoms with Crippen LogP contribution in [-0.2, 0) is 4.79 Å². The van der Waals surface area contributed by atoms with Crippen LogP contribution in [0.25, 0.3) is 27.9 Å². The minimum atomic E-state index is 0.248. The molecule has 2 aromatic carbocycles. The Labute approximate surface area is 186 Å². The Bertz CT molecular complexity index is 1320. The summed E-state index contributed by atoms with van der Waals surface area (Å²) < 4.78 is 2.08. The fraction of sp³-hybridized carbons (Fsp3) is 0.360. The van der Waals surface area contributed by atoms with Gasteiger partial charge in [-0.15, -0.1) is 10.2 Å². The van der Waals surface area contributed by atoms with Gasteiger partial charge in [0.15, 0.2) is 11.5 Å². The molecule has 0 radical (unpaired) electrons. The molecule has 0 bridgehead atoms. The zero-order chi connectivity index (χ0) is 21.7. The number of amides is 1. The Morgan fingerprint density at radius 2 is 1.78 bits per heavy atom. The maximum Gasteiger partial charge on any atom is 0.225 e. The Morgan fingerprint density at radius 3 is 2.53 bits per heavy atom. The third-order valence-electron chi connectivity index (χ3n) is 6.83. The normalized spacial score (nSPS) is 17.2. The van der Waals surface area contributed by atoms with Gasteiger partial charge in [0.2, 0.25) is 11.9 Å². The van der Waals surface area contributed by atoms with E-state index in [9.17, 15) is 4.79 Å². The second-order valence-corrected chi connectivity index (χ2v) is 8.92. The molecule has 0 unspecified atom stereocenters. The number of benzene rings is 2. The highest BCUT2D eigenvalue weighted by molar-refractivity contribution is 5.93. The Morgan fingerprint density at radius 1 is 0.969 bits per heavy atom. The first-order valence-electron chi connectivity index (χ1n) is 11.4. The van der Waals surface area contributed by atoms with E-state index in [1.807, 2.05) is 35.2 Å². The predicted molar refractivity (Wildman–Crippen MR) is 125 cm³/mol. The van der Waals surface area contributed by atoms with Gasteiger partial charge >= 0.3 is 0 Å². The standard InChI is InChI=1S/C25H26N6O/c1-17-6-4-9-19(16-17)22-27-28-23-20-10-2-3-11-21(20)26-25(31(22)23)30-14-12-29(13-15-30)24(32)18-7-5-8-18/h2-4,6,9-11,16,18H,5,7-8,12-15H2,1H3. The summed E-state index contributed by atoms with van der Waals surface area (Å²) in [5.41, 5.74) is 3.92. The van der Waals surface area contributed by atoms with E-state index in [1.165, 1.54) is 12.0 Å². The lowest BCUT2D eigenvalue weighted by Crippen LogP contribution is -2.51. The number of aromatic nitrogens is 4. The van der Waals surface area contributed by atoms with Gasteiger partial charge in [-0.2, -0.15) is 0 Å². The number of fused-ring (bicyclic) bond motifs is 3. The van der Waals surface area contributed by atoms with Crippen molar-refractivity contribution in [1.29, 1.82) is 0 Å². The molecule has 7 nitrogen and oxygen atoms in total. The number of aryl methyl sites for hydroxylation is 1. The van der Waals surface area contributed by atoms with Crippen molar-refractivity contribution in [2.24, 2.45) is 5.92 Å². The first kappa shape index (κ1) is 19.2. The van der Waals surface area contributed by atoms with Gasteiger partial charge in [0, 0.05) is 43.0 Å². The number of carbonyl (C=O) groups excluding carboxylic acids is 1. The number of anilines is 1. The third kappa shape index (κ3) is 3.11. The van der Waals surface area contributed by atoms with Crippen LogP contribution < -0.4 is 4.90 Å². The molecule has 1 aliphatic heterocycles. The van der Waals surface area contributed by atoms with Crippen molar-refractivity contribution in [2.45, 2.75) is 26.2 Å². The Balaban J connectivity index is 1.42. The summed E-state index contributed by atoms with van der Waals surface area (Å²) in [5, 5.41) is 10.1. The van der Waals surface area contributed by atoms with Gasteiger partial charge in [-0.05, 0) is 38.0 Å². The van der Waals surface area contributed by atoms with E-state index >= 15 is 0 Å². The van der Waals surface area contributed by atoms with Gasteiger partial charge in [0.25, 0.3) is 0 Å². The number of hydrogen-bond donors (Lipinski definition) is 0. The van der Waals surface area contributed by atoms with E-state index in [2.05, 4.69) is 44.6 Å². The van der Waals surface area contributed by atoms with Crippen molar-refractivity contribution in [3.05, 3.63) is 54.1 Å². The molecule has 2 aromatic heterocycles. The molecule has 1 aliphatic carbocycles. The van der Waals surface area contributed by atoms with Crippen LogP contribution in [0.3, 0.4) is 0 Å². The molecular weight excluding hydrogens is 400 g/mol. The van der Waals surface area contributed by atoms with Crippen molar-refractivity contribution in [2.75, 3.05) is 31.1 Å². The average molecular weight is 427 g/mol. The molecule has 3 heterocycles. The third-order valence-corrected chi connectivity index (χ3v) is 6.83. The number of piperazine rings is 1. The van der Waals surface area contributed by atoms with Crippen LogP contribution in [0.5, 0.6) is 0 Å². The lowest BCUT2D eigenvalue weighted by atomic mass is 9.84. The molecule has 1 saturated carbocycles. The van der Waals surface area contributed by atoms with Gasteiger partial charge in [-0.1, -0.05) is 42.3 Å². The molecule has 0 N–H and O–H groups in total. The number of para-hydroxylation sites is 1. The van der Waals surface area contributed by atoms with Crippen LogP contribution >= 0.6 is 0 Å². The van der Waals surface area contributed by atoms with Crippen molar-refractivity contribution >= 4 is 28.4 Å². The van der Waals surface area contributed by atoms with Crippen LogP contribution in [0, 0.1) is 12.8 Å². The molecular formula is C25H26N6O. The van der Waals surface area contributed by atoms with Crippen molar-refractivity contribution in [1.82, 2.24) is 24.5 Å². The smallest absolute Gasteiger partial charge is 0.225 e. The molecule has 0 spiro atoms. The molecule has 6 rings (SSSR count). The zero-order valence-electron chi connectivity index (χ0n) is 18.2. The van der Waals surface area contributed by atoms with Crippen LogP contribution in [0.15, 0.2) is 48.5 Å². The van der Waals surface area contributed by atoms with E-state index in [1.54, 1.807) is 0 Å². The van der Waals surface area contributed by atoms with Gasteiger partial charge < -0.3 is 9.80 Å². The molecule has 7 heteroatoms. The number of carbonyl (C=O) groups is 1. The van der Waals surface area contributed by atoms with Gasteiger partial charge in [0.1, 0.15) is 0 Å². The molecule has 2 aliphatic rings. The summed E-state index contributed by atoms with van der Waals surface area (Å²) in [6.07, 6.45) is 3.28. The molecule has 32 heavy (non-hydrogen) atoms. The summed E-state index contributed by atoms with van der Waals surface area (Å²) >= 11 is 0. The maximum absolute atomic E-state index is 12.7. The Kier molecular flexibility index (Phi) is 4.56. The van der Waals surface area contributed by atoms with Gasteiger partial charge in [-0.3, -0.25) is 4.79 Å². The highest BCUT2D eigenvalue weighted by atomic mass is 16.2. The second-order valence-electron chi connectivity index (χ2n) is 8.92. The minimum Gasteiger partial charge on any atom is -0.339 e. The van der Waals surface area contributed by atoms with Crippen molar-refractivity contribution in [3.8, 4) is 11.4 Å². The summed E-state index contributed by atoms with van der Waals surface area (Å²) in [4.78, 5) is 22.1. The van der Waals surface area contributed by atoms with E-state index in [0.29, 0.717) is 5.91 Å². The largest absolute Gasteiger partial charge is 0.339 e. The van der Waals surface area contributed by atoms with E-state index in [4.69, 9.17) is 4.98 Å². The predicted octanol–water partition coefficient (Wildman–Crippen LogP) is 3.70. The SMILES string of the molecule is Cc1cccc(-c2nnc3c4ccccc4nc(N4CCN(C(=O)C5CCC5)CC4)n23)c1. The van der Waals surface area contributed by atoms with Gasteiger partial charge in [0.05, 0.1) is 5.52 Å². The van der Waals surface area contributed by atoms with Crippen molar-refractivity contribution in [3.63, 3.8) is 0 Å².